The van der Waals surface area contributed by atoms with Gasteiger partial charge in [0.25, 0.3) is 0 Å². The molecular formula is C12H15NO2S. The number of carbonyl (C=O) groups is 1. The predicted octanol–water partition coefficient (Wildman–Crippen LogP) is 1.94. The molecule has 0 spiro atoms. The molecule has 0 aliphatic carbocycles. The first kappa shape index (κ1) is 11.5. The molecule has 1 aliphatic rings. The monoisotopic (exact) mass is 237 g/mol. The summed E-state index contributed by atoms with van der Waals surface area (Å²) in [6, 6.07) is 7.87. The molecule has 0 fully saturated rings. The molecule has 1 aromatic carbocycles. The number of nitrogens with one attached hydrogen (secondary N) is 1. The molecule has 1 heterocycles. The summed E-state index contributed by atoms with van der Waals surface area (Å²) in [6.07, 6.45) is 0. The first-order valence-corrected chi connectivity index (χ1v) is 6.35. The van der Waals surface area contributed by atoms with E-state index in [9.17, 15) is 4.79 Å². The first-order valence-electron chi connectivity index (χ1n) is 5.36. The number of fused-ring (bicyclic) bond motifs is 1. The van der Waals surface area contributed by atoms with E-state index in [4.69, 9.17) is 5.11 Å². The highest BCUT2D eigenvalue weighted by molar-refractivity contribution is 7.99. The highest BCUT2D eigenvalue weighted by Gasteiger charge is 2.23. The summed E-state index contributed by atoms with van der Waals surface area (Å²) in [5, 5.41) is 11.8. The molecule has 1 aliphatic heterocycles. The van der Waals surface area contributed by atoms with E-state index in [1.54, 1.807) is 6.92 Å². The number of thioether (sulfide) groups is 1. The Hall–Kier alpha value is -1.00. The van der Waals surface area contributed by atoms with Crippen molar-refractivity contribution >= 4 is 17.7 Å². The van der Waals surface area contributed by atoms with Crippen LogP contribution in [-0.2, 0) is 4.79 Å². The fraction of sp³-hybridized carbons (Fsp3) is 0.417. The molecule has 2 atom stereocenters. The van der Waals surface area contributed by atoms with Gasteiger partial charge >= 0.3 is 5.97 Å². The molecule has 3 nitrogen and oxygen atoms in total. The highest BCUT2D eigenvalue weighted by Crippen LogP contribution is 2.38. The third-order valence-corrected chi connectivity index (χ3v) is 4.09. The van der Waals surface area contributed by atoms with Crippen LogP contribution in [0.1, 0.15) is 18.4 Å². The summed E-state index contributed by atoms with van der Waals surface area (Å²) < 4.78 is 0. The molecule has 0 radical (unpaired) electrons. The van der Waals surface area contributed by atoms with E-state index in [2.05, 4.69) is 17.4 Å². The molecule has 0 aromatic heterocycles. The lowest BCUT2D eigenvalue weighted by Gasteiger charge is -2.14. The van der Waals surface area contributed by atoms with E-state index in [0.717, 1.165) is 12.3 Å². The third kappa shape index (κ3) is 2.39. The first-order chi connectivity index (χ1) is 7.68. The summed E-state index contributed by atoms with van der Waals surface area (Å²) in [6.45, 7) is 2.41. The van der Waals surface area contributed by atoms with Crippen molar-refractivity contribution in [3.63, 3.8) is 0 Å². The zero-order valence-electron chi connectivity index (χ0n) is 9.14. The lowest BCUT2D eigenvalue weighted by atomic mass is 10.0. The zero-order valence-corrected chi connectivity index (χ0v) is 9.96. The third-order valence-electron chi connectivity index (χ3n) is 2.84. The Morgan fingerprint density at radius 2 is 2.38 bits per heavy atom. The van der Waals surface area contributed by atoms with Crippen LogP contribution in [0.15, 0.2) is 29.2 Å². The molecule has 16 heavy (non-hydrogen) atoms. The quantitative estimate of drug-likeness (QED) is 0.840. The van der Waals surface area contributed by atoms with Crippen molar-refractivity contribution in [2.24, 2.45) is 0 Å². The second kappa shape index (κ2) is 4.89. The summed E-state index contributed by atoms with van der Waals surface area (Å²) in [4.78, 5) is 12.0. The number of hydrogen-bond donors (Lipinski definition) is 2. The lowest BCUT2D eigenvalue weighted by Crippen LogP contribution is -2.36. The maximum atomic E-state index is 10.7. The summed E-state index contributed by atoms with van der Waals surface area (Å²) >= 11 is 1.85. The van der Waals surface area contributed by atoms with E-state index < -0.39 is 12.0 Å². The van der Waals surface area contributed by atoms with Gasteiger partial charge in [-0.15, -0.1) is 11.8 Å². The molecule has 2 N–H and O–H groups in total. The van der Waals surface area contributed by atoms with Gasteiger partial charge in [0.15, 0.2) is 0 Å². The van der Waals surface area contributed by atoms with Gasteiger partial charge in [0.1, 0.15) is 6.04 Å². The van der Waals surface area contributed by atoms with E-state index in [1.165, 1.54) is 10.5 Å². The normalized spacial score (nSPS) is 20.4. The molecule has 2 rings (SSSR count). The number of carboxylic acid groups (broad SMARTS) is 1. The van der Waals surface area contributed by atoms with Crippen LogP contribution in [-0.4, -0.2) is 29.4 Å². The van der Waals surface area contributed by atoms with Crippen LogP contribution < -0.4 is 5.32 Å². The van der Waals surface area contributed by atoms with Gasteiger partial charge in [0.05, 0.1) is 0 Å². The fourth-order valence-corrected chi connectivity index (χ4v) is 3.06. The Balaban J connectivity index is 1.96. The topological polar surface area (TPSA) is 49.3 Å². The maximum absolute atomic E-state index is 10.7. The van der Waals surface area contributed by atoms with Crippen molar-refractivity contribution in [2.75, 3.05) is 12.3 Å². The molecule has 86 valence electrons. The van der Waals surface area contributed by atoms with Crippen LogP contribution in [0.4, 0.5) is 0 Å². The minimum Gasteiger partial charge on any atom is -0.480 e. The Labute approximate surface area is 99.2 Å². The highest BCUT2D eigenvalue weighted by atomic mass is 32.2. The molecule has 1 unspecified atom stereocenters. The van der Waals surface area contributed by atoms with E-state index in [-0.39, 0.29) is 0 Å². The standard InChI is InChI=1S/C12H15NO2S/c1-8(12(14)15)13-6-9-7-16-11-5-3-2-4-10(9)11/h2-5,8-9,13H,6-7H2,1H3,(H,14,15)/t8-,9?/m1/s1. The summed E-state index contributed by atoms with van der Waals surface area (Å²) in [7, 11) is 0. The average Bonchev–Trinajstić information content (AvgIpc) is 2.69. The minimum atomic E-state index is -0.793. The molecule has 0 bridgehead atoms. The van der Waals surface area contributed by atoms with Crippen molar-refractivity contribution in [2.45, 2.75) is 23.8 Å². The van der Waals surface area contributed by atoms with Gasteiger partial charge in [-0.1, -0.05) is 18.2 Å². The average molecular weight is 237 g/mol. The SMILES string of the molecule is C[C@@H](NCC1CSc2ccccc21)C(=O)O. The maximum Gasteiger partial charge on any atom is 0.320 e. The van der Waals surface area contributed by atoms with E-state index in [0.29, 0.717) is 5.92 Å². The van der Waals surface area contributed by atoms with Crippen LogP contribution in [0.25, 0.3) is 0 Å². The summed E-state index contributed by atoms with van der Waals surface area (Å²) in [5.41, 5.74) is 1.34. The lowest BCUT2D eigenvalue weighted by molar-refractivity contribution is -0.139. The van der Waals surface area contributed by atoms with Crippen molar-refractivity contribution in [1.29, 1.82) is 0 Å². The molecule has 0 amide bonds. The fourth-order valence-electron chi connectivity index (χ4n) is 1.80. The van der Waals surface area contributed by atoms with Gasteiger partial charge in [0.2, 0.25) is 0 Å². The largest absolute Gasteiger partial charge is 0.480 e. The second-order valence-electron chi connectivity index (χ2n) is 4.01. The predicted molar refractivity (Wildman–Crippen MR) is 65.0 cm³/mol. The van der Waals surface area contributed by atoms with Crippen molar-refractivity contribution < 1.29 is 9.90 Å². The number of aliphatic carboxylic acids is 1. The van der Waals surface area contributed by atoms with Crippen LogP contribution in [0, 0.1) is 0 Å². The van der Waals surface area contributed by atoms with Gasteiger partial charge in [-0.3, -0.25) is 4.79 Å². The Bertz CT molecular complexity index is 394. The number of benzene rings is 1. The number of rotatable bonds is 4. The Kier molecular flexibility index (Phi) is 3.51. The van der Waals surface area contributed by atoms with Crippen LogP contribution in [0.5, 0.6) is 0 Å². The van der Waals surface area contributed by atoms with E-state index in [1.807, 2.05) is 23.9 Å². The van der Waals surface area contributed by atoms with Crippen molar-refractivity contribution in [3.05, 3.63) is 29.8 Å². The van der Waals surface area contributed by atoms with Gasteiger partial charge in [-0.05, 0) is 18.6 Å². The molecule has 0 saturated carbocycles. The van der Waals surface area contributed by atoms with Crippen LogP contribution in [0.2, 0.25) is 0 Å². The Morgan fingerprint density at radius 3 is 3.12 bits per heavy atom. The van der Waals surface area contributed by atoms with Crippen LogP contribution in [0.3, 0.4) is 0 Å². The molecule has 4 heteroatoms. The number of carboxylic acids is 1. The summed E-state index contributed by atoms with van der Waals surface area (Å²) in [5.74, 6) is 0.681. The van der Waals surface area contributed by atoms with Crippen LogP contribution >= 0.6 is 11.8 Å². The van der Waals surface area contributed by atoms with E-state index >= 15 is 0 Å². The molecular weight excluding hydrogens is 222 g/mol. The van der Waals surface area contributed by atoms with Gasteiger partial charge < -0.3 is 10.4 Å². The number of hydrogen-bond acceptors (Lipinski definition) is 3. The van der Waals surface area contributed by atoms with Gasteiger partial charge in [0, 0.05) is 23.1 Å². The van der Waals surface area contributed by atoms with Crippen molar-refractivity contribution in [3.8, 4) is 0 Å². The molecule has 1 aromatic rings. The smallest absolute Gasteiger partial charge is 0.320 e. The van der Waals surface area contributed by atoms with Gasteiger partial charge in [-0.25, -0.2) is 0 Å². The van der Waals surface area contributed by atoms with Crippen molar-refractivity contribution in [1.82, 2.24) is 5.32 Å². The Morgan fingerprint density at radius 1 is 1.62 bits per heavy atom. The molecule has 0 saturated heterocycles. The zero-order chi connectivity index (χ0) is 11.5. The second-order valence-corrected chi connectivity index (χ2v) is 5.08. The van der Waals surface area contributed by atoms with Gasteiger partial charge in [-0.2, -0.15) is 0 Å². The minimum absolute atomic E-state index is 0.433.